The van der Waals surface area contributed by atoms with Crippen LogP contribution in [0.1, 0.15) is 64.2 Å². The molecule has 5 heteroatoms. The maximum absolute atomic E-state index is 6.23. The third kappa shape index (κ3) is 5.60. The predicted molar refractivity (Wildman–Crippen MR) is 94.9 cm³/mol. The third-order valence-electron chi connectivity index (χ3n) is 4.58. The van der Waals surface area contributed by atoms with Crippen LogP contribution in [0.3, 0.4) is 0 Å². The highest BCUT2D eigenvalue weighted by Crippen LogP contribution is 2.48. The van der Waals surface area contributed by atoms with Crippen molar-refractivity contribution in [1.29, 1.82) is 0 Å². The van der Waals surface area contributed by atoms with Crippen molar-refractivity contribution in [3.63, 3.8) is 0 Å². The van der Waals surface area contributed by atoms with E-state index >= 15 is 0 Å². The number of benzene rings is 1. The average molecular weight is 357 g/mol. The summed E-state index contributed by atoms with van der Waals surface area (Å²) in [7, 11) is -1.38. The molecule has 0 radical (unpaired) electrons. The van der Waals surface area contributed by atoms with E-state index in [1.54, 1.807) is 0 Å². The Morgan fingerprint density at radius 2 is 1.30 bits per heavy atom. The van der Waals surface area contributed by atoms with Crippen LogP contribution in [0.25, 0.3) is 0 Å². The number of hydrogen-bond donors (Lipinski definition) is 0. The molecule has 0 saturated heterocycles. The van der Waals surface area contributed by atoms with E-state index in [0.29, 0.717) is 10.8 Å². The lowest BCUT2D eigenvalue weighted by Crippen LogP contribution is -2.20. The second-order valence-electron chi connectivity index (χ2n) is 6.48. The highest BCUT2D eigenvalue weighted by molar-refractivity contribution is 7.42. The quantitative estimate of drug-likeness (QED) is 0.534. The summed E-state index contributed by atoms with van der Waals surface area (Å²) in [5.41, 5.74) is 0. The Bertz CT molecular complexity index is 453. The molecule has 3 rings (SSSR count). The topological polar surface area (TPSA) is 27.7 Å². The zero-order valence-electron chi connectivity index (χ0n) is 13.6. The maximum Gasteiger partial charge on any atom is 0.397 e. The first kappa shape index (κ1) is 17.5. The van der Waals surface area contributed by atoms with Gasteiger partial charge in [0.2, 0.25) is 0 Å². The highest BCUT2D eigenvalue weighted by atomic mass is 35.5. The lowest BCUT2D eigenvalue weighted by atomic mass is 9.98. The molecule has 3 nitrogen and oxygen atoms in total. The molecule has 2 saturated carbocycles. The van der Waals surface area contributed by atoms with Crippen LogP contribution in [0.5, 0.6) is 5.75 Å². The standard InChI is InChI=1S/C18H26ClO3P/c19-17-13-7-8-14-18(17)22-23(20-15-9-3-1-4-10-15)21-16-11-5-2-6-12-16/h7-8,13-16H,1-6,9-12H2. The number of rotatable bonds is 6. The molecule has 1 aromatic carbocycles. The fraction of sp³-hybridized carbons (Fsp3) is 0.667. The van der Waals surface area contributed by atoms with Crippen molar-refractivity contribution < 1.29 is 13.6 Å². The van der Waals surface area contributed by atoms with Crippen molar-refractivity contribution in [3.8, 4) is 5.75 Å². The van der Waals surface area contributed by atoms with E-state index in [9.17, 15) is 0 Å². The van der Waals surface area contributed by atoms with Gasteiger partial charge in [0, 0.05) is 0 Å². The van der Waals surface area contributed by atoms with Crippen molar-refractivity contribution in [3.05, 3.63) is 29.3 Å². The van der Waals surface area contributed by atoms with Gasteiger partial charge in [-0.05, 0) is 37.8 Å². The van der Waals surface area contributed by atoms with E-state index < -0.39 is 8.60 Å². The maximum atomic E-state index is 6.23. The second-order valence-corrected chi connectivity index (χ2v) is 7.93. The van der Waals surface area contributed by atoms with Gasteiger partial charge in [0.1, 0.15) is 5.75 Å². The molecule has 2 aliphatic rings. The summed E-state index contributed by atoms with van der Waals surface area (Å²) in [5.74, 6) is 0.659. The summed E-state index contributed by atoms with van der Waals surface area (Å²) in [6.07, 6.45) is 12.6. The molecule has 2 aliphatic carbocycles. The largest absolute Gasteiger partial charge is 0.425 e. The monoisotopic (exact) mass is 356 g/mol. The van der Waals surface area contributed by atoms with E-state index in [0.717, 1.165) is 25.7 Å². The van der Waals surface area contributed by atoms with Gasteiger partial charge in [0.05, 0.1) is 17.2 Å². The van der Waals surface area contributed by atoms with Gasteiger partial charge in [-0.3, -0.25) is 9.05 Å². The summed E-state index contributed by atoms with van der Waals surface area (Å²) < 4.78 is 18.5. The van der Waals surface area contributed by atoms with Crippen molar-refractivity contribution in [2.45, 2.75) is 76.4 Å². The van der Waals surface area contributed by atoms with E-state index in [2.05, 4.69) is 0 Å². The Morgan fingerprint density at radius 3 is 1.83 bits per heavy atom. The molecule has 2 fully saturated rings. The van der Waals surface area contributed by atoms with Crippen molar-refractivity contribution >= 4 is 20.2 Å². The summed E-state index contributed by atoms with van der Waals surface area (Å²) in [6, 6.07) is 7.55. The van der Waals surface area contributed by atoms with Crippen LogP contribution in [0.2, 0.25) is 5.02 Å². The van der Waals surface area contributed by atoms with Gasteiger partial charge in [-0.2, -0.15) is 0 Å². The minimum atomic E-state index is -1.38. The van der Waals surface area contributed by atoms with Gasteiger partial charge in [-0.1, -0.05) is 62.3 Å². The molecule has 128 valence electrons. The lowest BCUT2D eigenvalue weighted by Gasteiger charge is -2.29. The molecule has 23 heavy (non-hydrogen) atoms. The molecule has 0 unspecified atom stereocenters. The summed E-state index contributed by atoms with van der Waals surface area (Å²) in [6.45, 7) is 0. The van der Waals surface area contributed by atoms with E-state index in [1.165, 1.54) is 38.5 Å². The Kier molecular flexibility index (Phi) is 7.01. The van der Waals surface area contributed by atoms with E-state index in [4.69, 9.17) is 25.2 Å². The lowest BCUT2D eigenvalue weighted by molar-refractivity contribution is 0.0801. The number of hydrogen-bond acceptors (Lipinski definition) is 3. The normalized spacial score (nSPS) is 20.8. The Hall–Kier alpha value is -0.340. The fourth-order valence-electron chi connectivity index (χ4n) is 3.25. The molecule has 0 heterocycles. The van der Waals surface area contributed by atoms with Crippen LogP contribution in [0.4, 0.5) is 0 Å². The molecule has 0 atom stereocenters. The van der Waals surface area contributed by atoms with Crippen LogP contribution < -0.4 is 4.52 Å². The third-order valence-corrected chi connectivity index (χ3v) is 6.18. The van der Waals surface area contributed by atoms with Gasteiger partial charge in [-0.25, -0.2) is 0 Å². The van der Waals surface area contributed by atoms with Crippen LogP contribution in [-0.2, 0) is 9.05 Å². The van der Waals surface area contributed by atoms with Gasteiger partial charge in [0.15, 0.2) is 0 Å². The zero-order valence-corrected chi connectivity index (χ0v) is 15.2. The van der Waals surface area contributed by atoms with Crippen LogP contribution in [0.15, 0.2) is 24.3 Å². The Balaban J connectivity index is 1.62. The van der Waals surface area contributed by atoms with Crippen LogP contribution in [-0.4, -0.2) is 12.2 Å². The van der Waals surface area contributed by atoms with Crippen molar-refractivity contribution in [1.82, 2.24) is 0 Å². The van der Waals surface area contributed by atoms with Gasteiger partial charge < -0.3 is 4.52 Å². The van der Waals surface area contributed by atoms with Crippen LogP contribution >= 0.6 is 20.2 Å². The van der Waals surface area contributed by atoms with Gasteiger partial charge >= 0.3 is 8.60 Å². The SMILES string of the molecule is Clc1ccccc1OP(OC1CCCCC1)OC1CCCCC1. The Morgan fingerprint density at radius 1 is 0.783 bits per heavy atom. The summed E-state index contributed by atoms with van der Waals surface area (Å²) in [4.78, 5) is 0. The highest BCUT2D eigenvalue weighted by Gasteiger charge is 2.27. The zero-order chi connectivity index (χ0) is 15.9. The molecule has 0 amide bonds. The Labute approximate surface area is 145 Å². The summed E-state index contributed by atoms with van der Waals surface area (Å²) in [5, 5.41) is 0.611. The first-order chi connectivity index (χ1) is 11.3. The number of para-hydroxylation sites is 1. The van der Waals surface area contributed by atoms with Crippen LogP contribution in [0, 0.1) is 0 Å². The van der Waals surface area contributed by atoms with Gasteiger partial charge in [0.25, 0.3) is 0 Å². The molecule has 1 aromatic rings. The van der Waals surface area contributed by atoms with Crippen molar-refractivity contribution in [2.75, 3.05) is 0 Å². The average Bonchev–Trinajstić information content (AvgIpc) is 2.59. The molecular weight excluding hydrogens is 331 g/mol. The molecular formula is C18H26ClO3P. The molecule has 0 N–H and O–H groups in total. The minimum Gasteiger partial charge on any atom is -0.425 e. The predicted octanol–water partition coefficient (Wildman–Crippen LogP) is 6.64. The smallest absolute Gasteiger partial charge is 0.397 e. The molecule has 0 bridgehead atoms. The van der Waals surface area contributed by atoms with Gasteiger partial charge in [-0.15, -0.1) is 0 Å². The molecule has 0 aromatic heterocycles. The second kappa shape index (κ2) is 9.22. The fourth-order valence-corrected chi connectivity index (χ4v) is 4.84. The summed E-state index contributed by atoms with van der Waals surface area (Å²) >= 11 is 6.23. The molecule has 0 aliphatic heterocycles. The first-order valence-electron chi connectivity index (χ1n) is 8.87. The van der Waals surface area contributed by atoms with Crippen molar-refractivity contribution in [2.24, 2.45) is 0 Å². The van der Waals surface area contributed by atoms with E-state index in [1.807, 2.05) is 24.3 Å². The van der Waals surface area contributed by atoms with E-state index in [-0.39, 0.29) is 12.2 Å². The number of halogens is 1. The first-order valence-corrected chi connectivity index (χ1v) is 10.3. The minimum absolute atomic E-state index is 0.265. The molecule has 0 spiro atoms.